The summed E-state index contributed by atoms with van der Waals surface area (Å²) in [6, 6.07) is 0.209. The molecule has 0 radical (unpaired) electrons. The molecule has 4 fully saturated rings. The molecule has 1 spiro atoms. The van der Waals surface area contributed by atoms with E-state index in [0.717, 1.165) is 25.7 Å². The molecule has 138 valence electrons. The fourth-order valence-electron chi connectivity index (χ4n) is 7.95. The third kappa shape index (κ3) is 1.51. The van der Waals surface area contributed by atoms with E-state index in [1.54, 1.807) is 18.6 Å². The van der Waals surface area contributed by atoms with E-state index in [9.17, 15) is 14.7 Å². The van der Waals surface area contributed by atoms with Crippen molar-refractivity contribution in [3.05, 3.63) is 24.3 Å². The van der Waals surface area contributed by atoms with Crippen LogP contribution in [0.15, 0.2) is 18.6 Å². The fraction of sp³-hybridized carbons (Fsp3) is 0.700. The number of nitrogens with zero attached hydrogens (tertiary/aromatic N) is 3. The Hall–Kier alpha value is -1.82. The molecule has 8 atom stereocenters. The van der Waals surface area contributed by atoms with Gasteiger partial charge in [0.05, 0.1) is 24.6 Å². The highest BCUT2D eigenvalue weighted by atomic mass is 16.4. The number of hydrogen-bond acceptors (Lipinski definition) is 4. The van der Waals surface area contributed by atoms with Gasteiger partial charge >= 0.3 is 11.9 Å². The standard InChI is InChI=1S/C20H25N3O3/c1-11-6-19(18(25)26)8-13-14(9-19)20(7-11)16(13)12(2)23(20,3)17(24)15-10-21-4-5-22-15/h4-5,10-14,16H,6-9H2,1-3H3/p+1. The SMILES string of the molecule is CC1CC2(C(=O)O)CC3C(C2)C2(C1)C3C(C)[N+]2(C)C(=O)c1cnccn1. The Balaban J connectivity index is 1.60. The van der Waals surface area contributed by atoms with Crippen LogP contribution in [0.1, 0.15) is 50.0 Å². The summed E-state index contributed by atoms with van der Waals surface area (Å²) < 4.78 is 0.373. The highest BCUT2D eigenvalue weighted by Gasteiger charge is 2.88. The Bertz CT molecular complexity index is 814. The lowest BCUT2D eigenvalue weighted by molar-refractivity contribution is -0.992. The average Bonchev–Trinajstić information content (AvgIpc) is 2.88. The number of amides is 1. The van der Waals surface area contributed by atoms with Gasteiger partial charge in [0.25, 0.3) is 0 Å². The number of aliphatic carboxylic acids is 1. The molecule has 1 aliphatic heterocycles. The average molecular weight is 356 g/mol. The van der Waals surface area contributed by atoms with Gasteiger partial charge in [0.1, 0.15) is 11.6 Å². The maximum Gasteiger partial charge on any atom is 0.366 e. The van der Waals surface area contributed by atoms with Crippen molar-refractivity contribution < 1.29 is 19.2 Å². The first-order chi connectivity index (χ1) is 12.3. The molecule has 2 heterocycles. The van der Waals surface area contributed by atoms with Crippen LogP contribution in [0.2, 0.25) is 0 Å². The molecule has 6 nitrogen and oxygen atoms in total. The van der Waals surface area contributed by atoms with Crippen LogP contribution in [0.4, 0.5) is 0 Å². The Labute approximate surface area is 153 Å². The van der Waals surface area contributed by atoms with Crippen LogP contribution in [-0.2, 0) is 4.79 Å². The maximum absolute atomic E-state index is 13.5. The Morgan fingerprint density at radius 2 is 1.96 bits per heavy atom. The molecule has 2 bridgehead atoms. The molecule has 3 aliphatic carbocycles. The minimum absolute atomic E-state index is 0.0437. The molecule has 6 heteroatoms. The number of rotatable bonds is 2. The topological polar surface area (TPSA) is 80.1 Å². The summed E-state index contributed by atoms with van der Waals surface area (Å²) in [5.74, 6) is 1.01. The van der Waals surface area contributed by atoms with Gasteiger partial charge in [-0.05, 0) is 38.0 Å². The first-order valence-electron chi connectivity index (χ1n) is 9.68. The quantitative estimate of drug-likeness (QED) is 0.823. The summed E-state index contributed by atoms with van der Waals surface area (Å²) in [4.78, 5) is 34.0. The van der Waals surface area contributed by atoms with Crippen molar-refractivity contribution in [3.63, 3.8) is 0 Å². The zero-order chi connectivity index (χ0) is 18.5. The lowest BCUT2D eigenvalue weighted by Gasteiger charge is -2.77. The molecule has 8 unspecified atom stereocenters. The molecule has 26 heavy (non-hydrogen) atoms. The van der Waals surface area contributed by atoms with E-state index >= 15 is 0 Å². The van der Waals surface area contributed by atoms with Gasteiger partial charge in [-0.25, -0.2) is 14.3 Å². The molecular formula is C20H26N3O3+. The molecule has 0 aromatic carbocycles. The minimum Gasteiger partial charge on any atom is -0.481 e. The van der Waals surface area contributed by atoms with Crippen molar-refractivity contribution in [3.8, 4) is 0 Å². The molecule has 3 saturated carbocycles. The van der Waals surface area contributed by atoms with Gasteiger partial charge in [-0.2, -0.15) is 0 Å². The smallest absolute Gasteiger partial charge is 0.366 e. The van der Waals surface area contributed by atoms with Gasteiger partial charge in [0.2, 0.25) is 0 Å². The van der Waals surface area contributed by atoms with Crippen LogP contribution in [0.25, 0.3) is 0 Å². The van der Waals surface area contributed by atoms with E-state index in [1.807, 2.05) is 0 Å². The number of carboxylic acids is 1. The second kappa shape index (κ2) is 4.71. The number of fused-ring (bicyclic) bond motifs is 2. The van der Waals surface area contributed by atoms with Crippen molar-refractivity contribution >= 4 is 11.9 Å². The summed E-state index contributed by atoms with van der Waals surface area (Å²) in [5.41, 5.74) is -0.251. The van der Waals surface area contributed by atoms with Crippen molar-refractivity contribution in [1.29, 1.82) is 0 Å². The van der Waals surface area contributed by atoms with Gasteiger partial charge in [-0.15, -0.1) is 0 Å². The summed E-state index contributed by atoms with van der Waals surface area (Å²) in [7, 11) is 2.06. The molecule has 1 aromatic heterocycles. The van der Waals surface area contributed by atoms with Crippen LogP contribution in [0.5, 0.6) is 0 Å². The Morgan fingerprint density at radius 3 is 2.62 bits per heavy atom. The van der Waals surface area contributed by atoms with Crippen molar-refractivity contribution in [1.82, 2.24) is 9.97 Å². The first-order valence-corrected chi connectivity index (χ1v) is 9.68. The summed E-state index contributed by atoms with van der Waals surface area (Å²) >= 11 is 0. The number of carbonyl (C=O) groups is 2. The van der Waals surface area contributed by atoms with E-state index < -0.39 is 11.4 Å². The number of likely N-dealkylation sites (tertiary alicyclic amines) is 1. The normalized spacial score (nSPS) is 50.8. The highest BCUT2D eigenvalue weighted by Crippen LogP contribution is 2.78. The molecule has 1 N–H and O–H groups in total. The first kappa shape index (κ1) is 16.4. The van der Waals surface area contributed by atoms with Gasteiger partial charge < -0.3 is 5.11 Å². The van der Waals surface area contributed by atoms with Crippen LogP contribution in [0.3, 0.4) is 0 Å². The third-order valence-corrected chi connectivity index (χ3v) is 8.71. The summed E-state index contributed by atoms with van der Waals surface area (Å²) in [6.45, 7) is 4.34. The predicted octanol–water partition coefficient (Wildman–Crippen LogP) is 2.36. The van der Waals surface area contributed by atoms with Crippen LogP contribution in [0, 0.1) is 29.1 Å². The van der Waals surface area contributed by atoms with Gasteiger partial charge in [-0.3, -0.25) is 9.78 Å². The van der Waals surface area contributed by atoms with E-state index in [-0.39, 0.29) is 17.5 Å². The second-order valence-electron chi connectivity index (χ2n) is 9.51. The number of carboxylic acid groups (broad SMARTS) is 1. The largest absolute Gasteiger partial charge is 0.481 e. The third-order valence-electron chi connectivity index (χ3n) is 8.71. The number of quaternary nitrogens is 1. The Morgan fingerprint density at radius 1 is 1.19 bits per heavy atom. The molecule has 1 aromatic rings. The van der Waals surface area contributed by atoms with Crippen LogP contribution >= 0.6 is 0 Å². The summed E-state index contributed by atoms with van der Waals surface area (Å²) in [5, 5.41) is 9.98. The minimum atomic E-state index is -0.627. The molecule has 4 aliphatic rings. The number of piperidine rings is 1. The van der Waals surface area contributed by atoms with E-state index in [2.05, 4.69) is 30.9 Å². The lowest BCUT2D eigenvalue weighted by Crippen LogP contribution is -2.93. The monoisotopic (exact) mass is 356 g/mol. The van der Waals surface area contributed by atoms with E-state index in [1.165, 1.54) is 0 Å². The number of carbonyl (C=O) groups excluding carboxylic acids is 1. The zero-order valence-electron chi connectivity index (χ0n) is 15.6. The highest BCUT2D eigenvalue weighted by molar-refractivity contribution is 5.87. The van der Waals surface area contributed by atoms with Crippen molar-refractivity contribution in [2.75, 3.05) is 7.05 Å². The molecule has 1 amide bonds. The van der Waals surface area contributed by atoms with E-state index in [0.29, 0.717) is 33.8 Å². The van der Waals surface area contributed by atoms with Gasteiger partial charge in [0.15, 0.2) is 5.69 Å². The number of hydrogen-bond donors (Lipinski definition) is 1. The van der Waals surface area contributed by atoms with Crippen LogP contribution < -0.4 is 0 Å². The summed E-state index contributed by atoms with van der Waals surface area (Å²) in [6.07, 6.45) is 7.95. The molecule has 5 rings (SSSR count). The van der Waals surface area contributed by atoms with Gasteiger partial charge in [-0.1, -0.05) is 6.92 Å². The van der Waals surface area contributed by atoms with Crippen molar-refractivity contribution in [2.45, 2.75) is 51.1 Å². The van der Waals surface area contributed by atoms with E-state index in [4.69, 9.17) is 0 Å². The predicted molar refractivity (Wildman–Crippen MR) is 92.9 cm³/mol. The molecule has 1 saturated heterocycles. The van der Waals surface area contributed by atoms with Gasteiger partial charge in [0, 0.05) is 24.7 Å². The Kier molecular flexibility index (Phi) is 2.97. The second-order valence-corrected chi connectivity index (χ2v) is 9.51. The zero-order valence-corrected chi connectivity index (χ0v) is 15.6. The molecular weight excluding hydrogens is 330 g/mol. The number of aromatic nitrogens is 2. The maximum atomic E-state index is 13.5. The fourth-order valence-corrected chi connectivity index (χ4v) is 7.95. The lowest BCUT2D eigenvalue weighted by atomic mass is 9.40. The van der Waals surface area contributed by atoms with Crippen molar-refractivity contribution in [2.24, 2.45) is 29.1 Å². The van der Waals surface area contributed by atoms with Crippen LogP contribution in [-0.4, -0.2) is 50.1 Å².